The topological polar surface area (TPSA) is 93.5 Å². The number of hydrogen-bond donors (Lipinski definition) is 2. The Labute approximate surface area is 161 Å². The van der Waals surface area contributed by atoms with Gasteiger partial charge in [0.1, 0.15) is 6.10 Å². The number of anilines is 2. The number of nitrogens with zero attached hydrogens (tertiary/aromatic N) is 1. The second-order valence-corrected chi connectivity index (χ2v) is 6.83. The fraction of sp³-hybridized carbons (Fsp3) is 0.316. The van der Waals surface area contributed by atoms with E-state index in [0.29, 0.717) is 35.1 Å². The molecule has 7 nitrogen and oxygen atoms in total. The van der Waals surface area contributed by atoms with Gasteiger partial charge in [0.2, 0.25) is 0 Å². The lowest BCUT2D eigenvalue weighted by atomic mass is 10.1. The van der Waals surface area contributed by atoms with Crippen molar-refractivity contribution in [3.63, 3.8) is 0 Å². The summed E-state index contributed by atoms with van der Waals surface area (Å²) in [6, 6.07) is 10.3. The molecule has 1 heterocycles. The van der Waals surface area contributed by atoms with Crippen LogP contribution in [0.3, 0.4) is 0 Å². The number of halogens is 1. The number of carbonyl (C=O) groups excluding carboxylic acids is 1. The SMILES string of the molecule is Cc1cc([N+](=O)[O-])cc(Cl)c1NCc1cccc(NC(=O)C2CCCO2)c1. The Kier molecular flexibility index (Phi) is 5.93. The fourth-order valence-electron chi connectivity index (χ4n) is 3.01. The van der Waals surface area contributed by atoms with E-state index in [0.717, 1.165) is 18.4 Å². The summed E-state index contributed by atoms with van der Waals surface area (Å²) in [7, 11) is 0. The Balaban J connectivity index is 1.66. The van der Waals surface area contributed by atoms with Crippen LogP contribution in [0.4, 0.5) is 17.1 Å². The number of nitrogens with one attached hydrogen (secondary N) is 2. The molecule has 1 saturated heterocycles. The number of ether oxygens (including phenoxy) is 1. The number of amides is 1. The standard InChI is InChI=1S/C19H20ClN3O4/c1-12-8-15(23(25)26)10-16(20)18(12)21-11-13-4-2-5-14(9-13)22-19(24)17-6-3-7-27-17/h2,4-5,8-10,17,21H,3,6-7,11H2,1H3,(H,22,24). The molecule has 1 unspecified atom stereocenters. The first kappa shape index (κ1) is 19.1. The second kappa shape index (κ2) is 8.37. The summed E-state index contributed by atoms with van der Waals surface area (Å²) in [5.41, 5.74) is 2.94. The first-order valence-electron chi connectivity index (χ1n) is 8.64. The minimum absolute atomic E-state index is 0.0399. The molecule has 0 saturated carbocycles. The molecule has 1 fully saturated rings. The van der Waals surface area contributed by atoms with E-state index in [-0.39, 0.29) is 17.7 Å². The van der Waals surface area contributed by atoms with E-state index >= 15 is 0 Å². The molecule has 1 aliphatic rings. The number of nitro groups is 1. The normalized spacial score (nSPS) is 16.1. The monoisotopic (exact) mass is 389 g/mol. The molecule has 2 N–H and O–H groups in total. The van der Waals surface area contributed by atoms with Crippen LogP contribution in [0.25, 0.3) is 0 Å². The van der Waals surface area contributed by atoms with Gasteiger partial charge in [-0.15, -0.1) is 0 Å². The molecular formula is C19H20ClN3O4. The van der Waals surface area contributed by atoms with E-state index in [2.05, 4.69) is 10.6 Å². The van der Waals surface area contributed by atoms with Gasteiger partial charge in [-0.25, -0.2) is 0 Å². The highest BCUT2D eigenvalue weighted by Crippen LogP contribution is 2.31. The first-order chi connectivity index (χ1) is 12.9. The summed E-state index contributed by atoms with van der Waals surface area (Å²) in [5.74, 6) is -0.133. The van der Waals surface area contributed by atoms with Crippen LogP contribution in [0.15, 0.2) is 36.4 Å². The Morgan fingerprint density at radius 3 is 2.85 bits per heavy atom. The summed E-state index contributed by atoms with van der Waals surface area (Å²) in [6.45, 7) is 2.85. The number of rotatable bonds is 6. The molecule has 0 aliphatic carbocycles. The third-order valence-corrected chi connectivity index (χ3v) is 4.67. The Hall–Kier alpha value is -2.64. The Morgan fingerprint density at radius 2 is 2.19 bits per heavy atom. The zero-order valence-electron chi connectivity index (χ0n) is 14.8. The predicted molar refractivity (Wildman–Crippen MR) is 104 cm³/mol. The number of hydrogen-bond acceptors (Lipinski definition) is 5. The highest BCUT2D eigenvalue weighted by molar-refractivity contribution is 6.33. The second-order valence-electron chi connectivity index (χ2n) is 6.42. The van der Waals surface area contributed by atoms with Crippen molar-refractivity contribution in [2.45, 2.75) is 32.4 Å². The largest absolute Gasteiger partial charge is 0.380 e. The quantitative estimate of drug-likeness (QED) is 0.568. The van der Waals surface area contributed by atoms with E-state index in [1.54, 1.807) is 6.92 Å². The van der Waals surface area contributed by atoms with Gasteiger partial charge in [-0.2, -0.15) is 0 Å². The number of carbonyl (C=O) groups is 1. The van der Waals surface area contributed by atoms with Crippen molar-refractivity contribution in [2.24, 2.45) is 0 Å². The zero-order chi connectivity index (χ0) is 19.4. The van der Waals surface area contributed by atoms with Crippen molar-refractivity contribution in [3.05, 3.63) is 62.7 Å². The van der Waals surface area contributed by atoms with Crippen LogP contribution in [0.1, 0.15) is 24.0 Å². The van der Waals surface area contributed by atoms with Crippen molar-refractivity contribution >= 4 is 34.6 Å². The number of aryl methyl sites for hydroxylation is 1. The predicted octanol–water partition coefficient (Wildman–Crippen LogP) is 4.29. The smallest absolute Gasteiger partial charge is 0.271 e. The van der Waals surface area contributed by atoms with E-state index in [4.69, 9.17) is 16.3 Å². The van der Waals surface area contributed by atoms with Gasteiger partial charge >= 0.3 is 0 Å². The molecule has 3 rings (SSSR count). The Bertz CT molecular complexity index is 843. The molecule has 8 heteroatoms. The van der Waals surface area contributed by atoms with E-state index < -0.39 is 4.92 Å². The van der Waals surface area contributed by atoms with Crippen molar-refractivity contribution in [3.8, 4) is 0 Å². The van der Waals surface area contributed by atoms with Crippen molar-refractivity contribution in [1.29, 1.82) is 0 Å². The van der Waals surface area contributed by atoms with Gasteiger partial charge in [0, 0.05) is 31.0 Å². The summed E-state index contributed by atoms with van der Waals surface area (Å²) >= 11 is 6.18. The van der Waals surface area contributed by atoms with E-state index in [9.17, 15) is 14.9 Å². The van der Waals surface area contributed by atoms with Crippen LogP contribution < -0.4 is 10.6 Å². The number of non-ortho nitro benzene ring substituents is 1. The fourth-order valence-corrected chi connectivity index (χ4v) is 3.34. The molecule has 0 spiro atoms. The molecule has 2 aromatic rings. The lowest BCUT2D eigenvalue weighted by Crippen LogP contribution is -2.26. The van der Waals surface area contributed by atoms with Crippen LogP contribution in [-0.2, 0) is 16.1 Å². The summed E-state index contributed by atoms with van der Waals surface area (Å²) in [5, 5.41) is 17.3. The molecule has 1 amide bonds. The first-order valence-corrected chi connectivity index (χ1v) is 9.01. The van der Waals surface area contributed by atoms with Crippen LogP contribution in [0.2, 0.25) is 5.02 Å². The molecule has 2 aromatic carbocycles. The van der Waals surface area contributed by atoms with Crippen LogP contribution in [0, 0.1) is 17.0 Å². The molecule has 1 aliphatic heterocycles. The highest BCUT2D eigenvalue weighted by Gasteiger charge is 2.23. The van der Waals surface area contributed by atoms with Crippen LogP contribution >= 0.6 is 11.6 Å². The molecule has 0 radical (unpaired) electrons. The minimum Gasteiger partial charge on any atom is -0.380 e. The third kappa shape index (κ3) is 4.75. The van der Waals surface area contributed by atoms with Gasteiger partial charge in [0.15, 0.2) is 0 Å². The average Bonchev–Trinajstić information content (AvgIpc) is 3.16. The lowest BCUT2D eigenvalue weighted by Gasteiger charge is -2.14. The third-order valence-electron chi connectivity index (χ3n) is 4.37. The molecule has 142 valence electrons. The number of nitro benzene ring substituents is 1. The highest BCUT2D eigenvalue weighted by atomic mass is 35.5. The van der Waals surface area contributed by atoms with Crippen LogP contribution in [-0.4, -0.2) is 23.5 Å². The van der Waals surface area contributed by atoms with Gasteiger partial charge in [-0.05, 0) is 43.0 Å². The van der Waals surface area contributed by atoms with Gasteiger partial charge in [0.05, 0.1) is 15.6 Å². The van der Waals surface area contributed by atoms with Crippen molar-refractivity contribution in [1.82, 2.24) is 0 Å². The summed E-state index contributed by atoms with van der Waals surface area (Å²) < 4.78 is 5.39. The van der Waals surface area contributed by atoms with Crippen molar-refractivity contribution in [2.75, 3.05) is 17.2 Å². The van der Waals surface area contributed by atoms with Gasteiger partial charge < -0.3 is 15.4 Å². The zero-order valence-corrected chi connectivity index (χ0v) is 15.6. The molecule has 1 atom stereocenters. The molecule has 0 bridgehead atoms. The van der Waals surface area contributed by atoms with Gasteiger partial charge in [-0.1, -0.05) is 23.7 Å². The maximum atomic E-state index is 12.2. The van der Waals surface area contributed by atoms with E-state index in [1.807, 2.05) is 24.3 Å². The minimum atomic E-state index is -0.469. The maximum Gasteiger partial charge on any atom is 0.271 e. The molecular weight excluding hydrogens is 370 g/mol. The number of benzene rings is 2. The van der Waals surface area contributed by atoms with Gasteiger partial charge in [0.25, 0.3) is 11.6 Å². The van der Waals surface area contributed by atoms with Crippen molar-refractivity contribution < 1.29 is 14.5 Å². The van der Waals surface area contributed by atoms with E-state index in [1.165, 1.54) is 12.1 Å². The van der Waals surface area contributed by atoms with Gasteiger partial charge in [-0.3, -0.25) is 14.9 Å². The molecule has 0 aromatic heterocycles. The summed E-state index contributed by atoms with van der Waals surface area (Å²) in [4.78, 5) is 22.6. The average molecular weight is 390 g/mol. The maximum absolute atomic E-state index is 12.2. The molecule has 27 heavy (non-hydrogen) atoms. The van der Waals surface area contributed by atoms with Crippen LogP contribution in [0.5, 0.6) is 0 Å². The lowest BCUT2D eigenvalue weighted by molar-refractivity contribution is -0.384. The summed E-state index contributed by atoms with van der Waals surface area (Å²) in [6.07, 6.45) is 1.26. The Morgan fingerprint density at radius 1 is 1.37 bits per heavy atom.